The number of aromatic nitrogens is 1. The third-order valence-electron chi connectivity index (χ3n) is 4.98. The van der Waals surface area contributed by atoms with Gasteiger partial charge in [0.1, 0.15) is 22.5 Å². The number of fused-ring (bicyclic) bond motifs is 1. The number of hydrogen-bond donors (Lipinski definition) is 2. The van der Waals surface area contributed by atoms with Crippen molar-refractivity contribution >= 4 is 23.5 Å². The number of amides is 1. The Balaban J connectivity index is 1.63. The van der Waals surface area contributed by atoms with Gasteiger partial charge in [0, 0.05) is 36.5 Å². The van der Waals surface area contributed by atoms with Crippen LogP contribution in [-0.4, -0.2) is 40.1 Å². The molecule has 0 saturated heterocycles. The number of benzene rings is 1. The topological polar surface area (TPSA) is 86.8 Å². The van der Waals surface area contributed by atoms with Crippen LogP contribution in [0.1, 0.15) is 29.0 Å². The lowest BCUT2D eigenvalue weighted by Crippen LogP contribution is -2.31. The first kappa shape index (κ1) is 20.0. The summed E-state index contributed by atoms with van der Waals surface area (Å²) in [5.74, 6) is -0.220. The zero-order valence-electron chi connectivity index (χ0n) is 15.9. The number of aliphatic hydroxyl groups is 1. The summed E-state index contributed by atoms with van der Waals surface area (Å²) in [6.45, 7) is 0.137. The van der Waals surface area contributed by atoms with Crippen LogP contribution in [0.5, 0.6) is 5.75 Å². The number of anilines is 1. The molecule has 30 heavy (non-hydrogen) atoms. The maximum absolute atomic E-state index is 12.9. The smallest absolute Gasteiger partial charge is 0.433 e. The van der Waals surface area contributed by atoms with E-state index in [1.165, 1.54) is 13.2 Å². The molecule has 1 amide bonds. The number of aliphatic hydroxyl groups excluding tert-OH is 1. The summed E-state index contributed by atoms with van der Waals surface area (Å²) >= 11 is 0. The number of alkyl halides is 3. The number of rotatable bonds is 4. The Bertz CT molecular complexity index is 1170. The molecule has 2 aliphatic rings. The van der Waals surface area contributed by atoms with Gasteiger partial charge < -0.3 is 15.2 Å². The molecule has 156 valence electrons. The number of carbonyl (C=O) groups is 1. The van der Waals surface area contributed by atoms with Gasteiger partial charge in [0.25, 0.3) is 5.91 Å². The molecule has 1 aliphatic carbocycles. The summed E-state index contributed by atoms with van der Waals surface area (Å²) in [7, 11) is 1.42. The molecule has 0 unspecified atom stereocenters. The molecule has 1 fully saturated rings. The van der Waals surface area contributed by atoms with Crippen molar-refractivity contribution in [3.63, 3.8) is 0 Å². The van der Waals surface area contributed by atoms with Crippen molar-refractivity contribution in [1.82, 2.24) is 4.98 Å². The van der Waals surface area contributed by atoms with Crippen LogP contribution in [0.3, 0.4) is 0 Å². The van der Waals surface area contributed by atoms with Crippen molar-refractivity contribution in [1.29, 1.82) is 0 Å². The summed E-state index contributed by atoms with van der Waals surface area (Å²) in [5.41, 5.74) is -0.135. The average Bonchev–Trinajstić information content (AvgIpc) is 3.08. The number of ether oxygens (including phenoxy) is 1. The first-order chi connectivity index (χ1) is 14.3. The highest BCUT2D eigenvalue weighted by molar-refractivity contribution is 6.03. The van der Waals surface area contributed by atoms with Gasteiger partial charge in [0.2, 0.25) is 6.20 Å². The third kappa shape index (κ3) is 3.78. The summed E-state index contributed by atoms with van der Waals surface area (Å²) in [5, 5.41) is 17.6. The minimum Gasteiger partial charge on any atom is -0.494 e. The molecule has 1 aromatic heterocycles. The lowest BCUT2D eigenvalue weighted by molar-refractivity contribution is -0.432. The van der Waals surface area contributed by atoms with E-state index >= 15 is 0 Å². The molecule has 0 bridgehead atoms. The molecule has 0 atom stereocenters. The minimum atomic E-state index is -4.64. The molecule has 0 radical (unpaired) electrons. The Morgan fingerprint density at radius 1 is 1.33 bits per heavy atom. The van der Waals surface area contributed by atoms with E-state index in [0.29, 0.717) is 16.8 Å². The Morgan fingerprint density at radius 3 is 2.77 bits per heavy atom. The zero-order chi connectivity index (χ0) is 21.5. The number of nitrogens with zero attached hydrogens (tertiary/aromatic N) is 3. The molecule has 1 saturated carbocycles. The summed E-state index contributed by atoms with van der Waals surface area (Å²) in [6, 6.07) is 6.43. The summed E-state index contributed by atoms with van der Waals surface area (Å²) in [6.07, 6.45) is -1.33. The molecule has 1 aromatic carbocycles. The van der Waals surface area contributed by atoms with Gasteiger partial charge in [0.05, 0.1) is 18.0 Å². The average molecular weight is 419 g/mol. The lowest BCUT2D eigenvalue weighted by atomic mass is 9.84. The van der Waals surface area contributed by atoms with Gasteiger partial charge in [-0.15, -0.1) is 0 Å². The van der Waals surface area contributed by atoms with Gasteiger partial charge in [-0.25, -0.2) is 4.98 Å². The first-order valence-electron chi connectivity index (χ1n) is 9.17. The van der Waals surface area contributed by atoms with Crippen molar-refractivity contribution in [2.24, 2.45) is 11.0 Å². The van der Waals surface area contributed by atoms with Crippen LogP contribution in [0.2, 0.25) is 0 Å². The van der Waals surface area contributed by atoms with Crippen LogP contribution in [0.4, 0.5) is 18.9 Å². The van der Waals surface area contributed by atoms with E-state index < -0.39 is 17.8 Å². The summed E-state index contributed by atoms with van der Waals surface area (Å²) in [4.78, 5) is 15.9. The van der Waals surface area contributed by atoms with Crippen LogP contribution < -0.4 is 20.6 Å². The first-order valence-corrected chi connectivity index (χ1v) is 9.17. The van der Waals surface area contributed by atoms with E-state index in [4.69, 9.17) is 9.84 Å². The normalized spacial score (nSPS) is 17.6. The SMILES string of the molecule is COc1cc2c(cc1NC(=O)c1cccc(C(F)(F)F)n1)=C[N+](=C1CC(CO)C1)N=2. The number of carbonyl (C=O) groups excluding carboxylic acids is 1. The van der Waals surface area contributed by atoms with Crippen LogP contribution in [0.25, 0.3) is 6.20 Å². The Labute approximate surface area is 168 Å². The minimum absolute atomic E-state index is 0.137. The van der Waals surface area contributed by atoms with Crippen LogP contribution in [-0.2, 0) is 6.18 Å². The van der Waals surface area contributed by atoms with Crippen molar-refractivity contribution in [2.75, 3.05) is 19.0 Å². The number of nitrogens with one attached hydrogen (secondary N) is 1. The van der Waals surface area contributed by atoms with Crippen LogP contribution >= 0.6 is 0 Å². The van der Waals surface area contributed by atoms with E-state index in [0.717, 1.165) is 35.9 Å². The van der Waals surface area contributed by atoms with Crippen molar-refractivity contribution in [3.05, 3.63) is 52.3 Å². The van der Waals surface area contributed by atoms with Crippen molar-refractivity contribution in [3.8, 4) is 5.75 Å². The van der Waals surface area contributed by atoms with E-state index in [9.17, 15) is 18.0 Å². The predicted octanol–water partition coefficient (Wildman–Crippen LogP) is 1.50. The zero-order valence-corrected chi connectivity index (χ0v) is 15.9. The fraction of sp³-hybridized carbons (Fsp3) is 0.300. The van der Waals surface area contributed by atoms with Gasteiger partial charge in [-0.05, 0) is 18.2 Å². The Hall–Kier alpha value is -3.27. The highest BCUT2D eigenvalue weighted by Gasteiger charge is 2.34. The van der Waals surface area contributed by atoms with Crippen LogP contribution in [0.15, 0.2) is 35.4 Å². The van der Waals surface area contributed by atoms with Crippen molar-refractivity contribution in [2.45, 2.75) is 19.0 Å². The Morgan fingerprint density at radius 2 is 2.10 bits per heavy atom. The van der Waals surface area contributed by atoms with Gasteiger partial charge in [-0.1, -0.05) is 10.8 Å². The molecule has 2 heterocycles. The van der Waals surface area contributed by atoms with Gasteiger partial charge >= 0.3 is 6.18 Å². The van der Waals surface area contributed by atoms with Gasteiger partial charge in [-0.2, -0.15) is 13.2 Å². The fourth-order valence-electron chi connectivity index (χ4n) is 3.31. The molecular formula is C20H18F3N4O3+. The number of pyridine rings is 1. The lowest BCUT2D eigenvalue weighted by Gasteiger charge is -2.21. The third-order valence-corrected chi connectivity index (χ3v) is 4.98. The maximum atomic E-state index is 12.9. The second kappa shape index (κ2) is 7.52. The van der Waals surface area contributed by atoms with E-state index in [1.54, 1.807) is 23.0 Å². The van der Waals surface area contributed by atoms with Gasteiger partial charge in [-0.3, -0.25) is 4.79 Å². The molecule has 7 nitrogen and oxygen atoms in total. The fourth-order valence-corrected chi connectivity index (χ4v) is 3.31. The van der Waals surface area contributed by atoms with E-state index in [1.807, 2.05) is 0 Å². The van der Waals surface area contributed by atoms with Crippen molar-refractivity contribution < 1.29 is 32.5 Å². The molecule has 4 rings (SSSR count). The second-order valence-electron chi connectivity index (χ2n) is 7.07. The number of halogens is 3. The molecule has 10 heteroatoms. The standard InChI is InChI=1S/C20H17F3N4O3/c1-30-17-8-15-12(9-27(26-15)13-5-11(6-13)10-28)7-16(17)25-19(29)14-3-2-4-18(24-14)20(21,22)23/h2-4,7-9,11,28H,5-6,10H2,1H3/p+1. The number of methoxy groups -OCH3 is 1. The highest BCUT2D eigenvalue weighted by Crippen LogP contribution is 2.28. The second-order valence-corrected chi connectivity index (χ2v) is 7.07. The highest BCUT2D eigenvalue weighted by atomic mass is 19.4. The number of hydrogen-bond acceptors (Lipinski definition) is 5. The van der Waals surface area contributed by atoms with E-state index in [-0.39, 0.29) is 18.2 Å². The predicted molar refractivity (Wildman–Crippen MR) is 101 cm³/mol. The van der Waals surface area contributed by atoms with E-state index in [2.05, 4.69) is 15.4 Å². The maximum Gasteiger partial charge on any atom is 0.433 e. The van der Waals surface area contributed by atoms with Gasteiger partial charge in [0.15, 0.2) is 5.71 Å². The molecule has 1 aliphatic heterocycles. The quantitative estimate of drug-likeness (QED) is 0.736. The molecule has 0 spiro atoms. The summed E-state index contributed by atoms with van der Waals surface area (Å²) < 4.78 is 45.6. The van der Waals surface area contributed by atoms with Crippen LogP contribution in [0, 0.1) is 5.92 Å². The largest absolute Gasteiger partial charge is 0.494 e. The Kier molecular flexibility index (Phi) is 5.02. The molecule has 2 N–H and O–H groups in total. The molecular weight excluding hydrogens is 401 g/mol. The monoisotopic (exact) mass is 419 g/mol. The molecule has 2 aromatic rings.